The van der Waals surface area contributed by atoms with Crippen LogP contribution in [0.15, 0.2) is 59.5 Å². The third kappa shape index (κ3) is 2.88. The fourth-order valence-corrected chi connectivity index (χ4v) is 4.88. The van der Waals surface area contributed by atoms with Gasteiger partial charge in [-0.2, -0.15) is 9.57 Å². The van der Waals surface area contributed by atoms with Gasteiger partial charge in [0.05, 0.1) is 10.5 Å². The van der Waals surface area contributed by atoms with Crippen molar-refractivity contribution in [2.75, 3.05) is 13.1 Å². The first kappa shape index (κ1) is 15.7. The van der Waals surface area contributed by atoms with Crippen LogP contribution in [0.2, 0.25) is 0 Å². The van der Waals surface area contributed by atoms with Crippen LogP contribution in [0.5, 0.6) is 0 Å². The van der Waals surface area contributed by atoms with Gasteiger partial charge in [-0.15, -0.1) is 0 Å². The Hall–Kier alpha value is -2.16. The number of rotatable bonds is 3. The van der Waals surface area contributed by atoms with Crippen molar-refractivity contribution in [2.45, 2.75) is 17.7 Å². The molecule has 0 amide bonds. The molecule has 3 rings (SSSR count). The summed E-state index contributed by atoms with van der Waals surface area (Å²) in [6.07, 6.45) is 0. The van der Waals surface area contributed by atoms with E-state index >= 15 is 0 Å². The molecular weight excluding hydrogens is 308 g/mol. The van der Waals surface area contributed by atoms with E-state index in [-0.39, 0.29) is 22.3 Å². The highest BCUT2D eigenvalue weighted by atomic mass is 32.2. The van der Waals surface area contributed by atoms with E-state index in [0.717, 1.165) is 5.56 Å². The summed E-state index contributed by atoms with van der Waals surface area (Å²) < 4.78 is 27.3. The monoisotopic (exact) mass is 326 g/mol. The highest BCUT2D eigenvalue weighted by molar-refractivity contribution is 7.89. The van der Waals surface area contributed by atoms with Crippen molar-refractivity contribution < 1.29 is 8.42 Å². The van der Waals surface area contributed by atoms with Gasteiger partial charge in [-0.1, -0.05) is 49.4 Å². The second-order valence-corrected chi connectivity index (χ2v) is 7.83. The molecule has 23 heavy (non-hydrogen) atoms. The molecule has 0 spiro atoms. The molecule has 0 N–H and O–H groups in total. The van der Waals surface area contributed by atoms with E-state index in [4.69, 9.17) is 0 Å². The Morgan fingerprint density at radius 1 is 1.04 bits per heavy atom. The minimum absolute atomic E-state index is 0.100. The Labute approximate surface area is 137 Å². The summed E-state index contributed by atoms with van der Waals surface area (Å²) >= 11 is 0. The molecule has 118 valence electrons. The molecule has 5 heteroatoms. The van der Waals surface area contributed by atoms with Crippen molar-refractivity contribution in [3.63, 3.8) is 0 Å². The molecular formula is C18H18N2O2S. The van der Waals surface area contributed by atoms with Crippen molar-refractivity contribution in [3.8, 4) is 6.07 Å². The molecule has 0 bridgehead atoms. The second-order valence-electron chi connectivity index (χ2n) is 5.92. The SMILES string of the molecule is CC1CN(S(=O)(=O)c2ccccc2C#N)CC1c1ccccc1. The van der Waals surface area contributed by atoms with Crippen LogP contribution in [0.3, 0.4) is 0 Å². The molecule has 4 nitrogen and oxygen atoms in total. The Balaban J connectivity index is 1.93. The van der Waals surface area contributed by atoms with E-state index in [1.807, 2.05) is 36.4 Å². The molecule has 2 aromatic rings. The van der Waals surface area contributed by atoms with Gasteiger partial charge in [-0.05, 0) is 23.6 Å². The van der Waals surface area contributed by atoms with Crippen LogP contribution < -0.4 is 0 Å². The Morgan fingerprint density at radius 2 is 1.70 bits per heavy atom. The van der Waals surface area contributed by atoms with E-state index < -0.39 is 10.0 Å². The van der Waals surface area contributed by atoms with Gasteiger partial charge in [0, 0.05) is 19.0 Å². The number of benzene rings is 2. The molecule has 0 saturated carbocycles. The number of hydrogen-bond acceptors (Lipinski definition) is 3. The zero-order valence-electron chi connectivity index (χ0n) is 12.9. The summed E-state index contributed by atoms with van der Waals surface area (Å²) in [6.45, 7) is 3.00. The average molecular weight is 326 g/mol. The molecule has 0 aromatic heterocycles. The summed E-state index contributed by atoms with van der Waals surface area (Å²) in [5.74, 6) is 0.418. The van der Waals surface area contributed by atoms with Crippen molar-refractivity contribution in [3.05, 3.63) is 65.7 Å². The third-order valence-corrected chi connectivity index (χ3v) is 6.32. The van der Waals surface area contributed by atoms with Gasteiger partial charge >= 0.3 is 0 Å². The normalized spacial score (nSPS) is 21.9. The quantitative estimate of drug-likeness (QED) is 0.871. The molecule has 2 aromatic carbocycles. The van der Waals surface area contributed by atoms with Crippen LogP contribution in [0.1, 0.15) is 24.0 Å². The maximum absolute atomic E-state index is 12.9. The largest absolute Gasteiger partial charge is 0.244 e. The molecule has 1 aliphatic rings. The predicted octanol–water partition coefficient (Wildman–Crippen LogP) is 2.98. The molecule has 1 heterocycles. The van der Waals surface area contributed by atoms with E-state index in [1.165, 1.54) is 10.4 Å². The molecule has 1 saturated heterocycles. The summed E-state index contributed by atoms with van der Waals surface area (Å²) in [4.78, 5) is 0.100. The van der Waals surface area contributed by atoms with Gasteiger partial charge in [0.25, 0.3) is 0 Å². The molecule has 0 aliphatic carbocycles. The Morgan fingerprint density at radius 3 is 2.39 bits per heavy atom. The fourth-order valence-electron chi connectivity index (χ4n) is 3.18. The van der Waals surface area contributed by atoms with Gasteiger partial charge < -0.3 is 0 Å². The zero-order valence-corrected chi connectivity index (χ0v) is 13.7. The van der Waals surface area contributed by atoms with Crippen molar-refractivity contribution in [2.24, 2.45) is 5.92 Å². The second kappa shape index (κ2) is 6.15. The van der Waals surface area contributed by atoms with Crippen molar-refractivity contribution >= 4 is 10.0 Å². The maximum atomic E-state index is 12.9. The molecule has 1 fully saturated rings. The predicted molar refractivity (Wildman–Crippen MR) is 88.3 cm³/mol. The van der Waals surface area contributed by atoms with Crippen molar-refractivity contribution in [1.29, 1.82) is 5.26 Å². The van der Waals surface area contributed by atoms with Crippen LogP contribution in [0.4, 0.5) is 0 Å². The third-order valence-electron chi connectivity index (χ3n) is 4.43. The first-order valence-electron chi connectivity index (χ1n) is 7.58. The lowest BCUT2D eigenvalue weighted by atomic mass is 9.90. The standard InChI is InChI=1S/C18H18N2O2S/c1-14-12-20(13-17(14)15-7-3-2-4-8-15)23(21,22)18-10-6-5-9-16(18)11-19/h2-10,14,17H,12-13H2,1H3. The van der Waals surface area contributed by atoms with Gasteiger partial charge in [0.2, 0.25) is 10.0 Å². The van der Waals surface area contributed by atoms with Crippen LogP contribution in [0.25, 0.3) is 0 Å². The highest BCUT2D eigenvalue weighted by Gasteiger charge is 2.38. The number of nitriles is 1. The molecule has 0 radical (unpaired) electrons. The Kier molecular flexibility index (Phi) is 4.20. The first-order chi connectivity index (χ1) is 11.0. The van der Waals surface area contributed by atoms with Crippen molar-refractivity contribution in [1.82, 2.24) is 4.31 Å². The van der Waals surface area contributed by atoms with Gasteiger partial charge in [0.1, 0.15) is 6.07 Å². The Bertz CT molecular complexity index is 841. The number of nitrogens with zero attached hydrogens (tertiary/aromatic N) is 2. The lowest BCUT2D eigenvalue weighted by molar-refractivity contribution is 0.464. The zero-order chi connectivity index (χ0) is 16.4. The summed E-state index contributed by atoms with van der Waals surface area (Å²) in [6, 6.07) is 18.4. The van der Waals surface area contributed by atoms with Gasteiger partial charge in [0.15, 0.2) is 0 Å². The van der Waals surface area contributed by atoms with E-state index in [2.05, 4.69) is 6.92 Å². The summed E-state index contributed by atoms with van der Waals surface area (Å²) in [5.41, 5.74) is 1.36. The minimum atomic E-state index is -3.64. The molecule has 1 aliphatic heterocycles. The van der Waals surface area contributed by atoms with Crippen LogP contribution in [-0.4, -0.2) is 25.8 Å². The van der Waals surface area contributed by atoms with Gasteiger partial charge in [-0.3, -0.25) is 0 Å². The lowest BCUT2D eigenvalue weighted by Crippen LogP contribution is -2.29. The minimum Gasteiger partial charge on any atom is -0.207 e. The van der Waals surface area contributed by atoms with E-state index in [9.17, 15) is 13.7 Å². The number of sulfonamides is 1. The van der Waals surface area contributed by atoms with Gasteiger partial charge in [-0.25, -0.2) is 8.42 Å². The first-order valence-corrected chi connectivity index (χ1v) is 9.02. The smallest absolute Gasteiger partial charge is 0.207 e. The average Bonchev–Trinajstić information content (AvgIpc) is 2.98. The van der Waals surface area contributed by atoms with Crippen LogP contribution in [-0.2, 0) is 10.0 Å². The lowest BCUT2D eigenvalue weighted by Gasteiger charge is -2.17. The maximum Gasteiger partial charge on any atom is 0.244 e. The topological polar surface area (TPSA) is 61.2 Å². The summed E-state index contributed by atoms with van der Waals surface area (Å²) in [5, 5.41) is 9.17. The van der Waals surface area contributed by atoms with Crippen LogP contribution in [0, 0.1) is 17.2 Å². The molecule has 2 unspecified atom stereocenters. The highest BCUT2D eigenvalue weighted by Crippen LogP contribution is 2.35. The van der Waals surface area contributed by atoms with E-state index in [1.54, 1.807) is 18.2 Å². The van der Waals surface area contributed by atoms with Crippen LogP contribution >= 0.6 is 0 Å². The molecule has 2 atom stereocenters. The summed E-state index contributed by atoms with van der Waals surface area (Å²) in [7, 11) is -3.64. The fraction of sp³-hybridized carbons (Fsp3) is 0.278. The number of hydrogen-bond donors (Lipinski definition) is 0. The van der Waals surface area contributed by atoms with E-state index in [0.29, 0.717) is 13.1 Å².